The second kappa shape index (κ2) is 9.38. The van der Waals surface area contributed by atoms with Gasteiger partial charge in [0.05, 0.1) is 23.0 Å². The predicted molar refractivity (Wildman–Crippen MR) is 139 cm³/mol. The first-order valence-electron chi connectivity index (χ1n) is 12.4. The predicted octanol–water partition coefficient (Wildman–Crippen LogP) is 5.87. The summed E-state index contributed by atoms with van der Waals surface area (Å²) in [6, 6.07) is 14.3. The number of rotatable bonds is 5. The van der Waals surface area contributed by atoms with E-state index in [0.29, 0.717) is 12.0 Å². The summed E-state index contributed by atoms with van der Waals surface area (Å²) in [5.41, 5.74) is 0.686. The van der Waals surface area contributed by atoms with Gasteiger partial charge >= 0.3 is 5.97 Å². The van der Waals surface area contributed by atoms with Crippen LogP contribution in [0.2, 0.25) is 0 Å². The largest absolute Gasteiger partial charge is 0.486 e. The first kappa shape index (κ1) is 26.2. The summed E-state index contributed by atoms with van der Waals surface area (Å²) in [5, 5.41) is 0. The third kappa shape index (κ3) is 5.12. The number of carbonyl (C=O) groups excluding carboxylic acids is 1. The molecule has 0 N–H and O–H groups in total. The van der Waals surface area contributed by atoms with Crippen molar-refractivity contribution >= 4 is 21.7 Å². The molecule has 0 bridgehead atoms. The summed E-state index contributed by atoms with van der Waals surface area (Å²) in [5.74, 6) is -1.89. The molecule has 3 aromatic carbocycles. The van der Waals surface area contributed by atoms with E-state index in [-0.39, 0.29) is 46.2 Å². The fourth-order valence-electron chi connectivity index (χ4n) is 4.79. The molecule has 1 saturated carbocycles. The molecular formula is C29H29F2NO5S. The second-order valence-electron chi connectivity index (χ2n) is 10.9. The van der Waals surface area contributed by atoms with Crippen molar-refractivity contribution < 1.29 is 31.5 Å². The Bertz CT molecular complexity index is 1520. The Hall–Kier alpha value is -3.46. The van der Waals surface area contributed by atoms with Crippen LogP contribution in [0.25, 0.3) is 11.1 Å². The molecule has 1 heterocycles. The van der Waals surface area contributed by atoms with Crippen molar-refractivity contribution in [3.63, 3.8) is 0 Å². The van der Waals surface area contributed by atoms with Crippen LogP contribution >= 0.6 is 0 Å². The van der Waals surface area contributed by atoms with Crippen molar-refractivity contribution in [2.75, 3.05) is 10.8 Å². The van der Waals surface area contributed by atoms with Gasteiger partial charge in [0.15, 0.2) is 0 Å². The van der Waals surface area contributed by atoms with Gasteiger partial charge in [0.25, 0.3) is 10.0 Å². The van der Waals surface area contributed by atoms with Gasteiger partial charge < -0.3 is 9.47 Å². The van der Waals surface area contributed by atoms with Crippen LogP contribution in [0.1, 0.15) is 32.8 Å². The van der Waals surface area contributed by atoms with Crippen molar-refractivity contribution in [1.29, 1.82) is 0 Å². The Kier molecular flexibility index (Phi) is 6.46. The molecule has 0 amide bonds. The lowest BCUT2D eigenvalue weighted by molar-refractivity contribution is -0.157. The van der Waals surface area contributed by atoms with E-state index in [1.54, 1.807) is 58.0 Å². The minimum Gasteiger partial charge on any atom is -0.486 e. The molecule has 200 valence electrons. The number of anilines is 1. The highest BCUT2D eigenvalue weighted by Crippen LogP contribution is 2.49. The van der Waals surface area contributed by atoms with Crippen LogP contribution in [0.5, 0.6) is 5.75 Å². The van der Waals surface area contributed by atoms with E-state index in [2.05, 4.69) is 0 Å². The maximum absolute atomic E-state index is 14.6. The zero-order valence-electron chi connectivity index (χ0n) is 21.6. The normalized spacial score (nSPS) is 20.9. The van der Waals surface area contributed by atoms with Crippen LogP contribution in [0.4, 0.5) is 14.5 Å². The molecule has 38 heavy (non-hydrogen) atoms. The lowest BCUT2D eigenvalue weighted by Gasteiger charge is -2.36. The van der Waals surface area contributed by atoms with Crippen LogP contribution in [0.15, 0.2) is 65.6 Å². The first-order chi connectivity index (χ1) is 17.8. The number of hydrogen-bond acceptors (Lipinski definition) is 5. The molecule has 0 unspecified atom stereocenters. The molecule has 3 aromatic rings. The van der Waals surface area contributed by atoms with Gasteiger partial charge in [-0.15, -0.1) is 0 Å². The van der Waals surface area contributed by atoms with Crippen molar-refractivity contribution in [2.24, 2.45) is 11.8 Å². The molecule has 6 nitrogen and oxygen atoms in total. The van der Waals surface area contributed by atoms with E-state index in [4.69, 9.17) is 9.47 Å². The topological polar surface area (TPSA) is 72.9 Å². The van der Waals surface area contributed by atoms with Crippen molar-refractivity contribution in [3.8, 4) is 16.9 Å². The highest BCUT2D eigenvalue weighted by molar-refractivity contribution is 7.92. The van der Waals surface area contributed by atoms with Crippen LogP contribution in [0.3, 0.4) is 0 Å². The van der Waals surface area contributed by atoms with Gasteiger partial charge in [0.1, 0.15) is 29.1 Å². The smallest absolute Gasteiger partial charge is 0.309 e. The van der Waals surface area contributed by atoms with Gasteiger partial charge in [0, 0.05) is 11.5 Å². The van der Waals surface area contributed by atoms with E-state index in [0.717, 1.165) is 23.8 Å². The maximum Gasteiger partial charge on any atom is 0.309 e. The highest BCUT2D eigenvalue weighted by atomic mass is 32.2. The number of sulfonamides is 1. The number of esters is 1. The number of aryl methyl sites for hydroxylation is 1. The Morgan fingerprint density at radius 1 is 1.05 bits per heavy atom. The third-order valence-electron chi connectivity index (χ3n) is 6.70. The number of hydrogen-bond donors (Lipinski definition) is 0. The standard InChI is InChI=1S/C29H29F2NO5S/c1-17-6-5-7-20(12-17)38(34,35)32-16-27(22-15-23(22)28(33)37-29(2,3)4)36-26-11-8-18(13-25(26)32)21-14-19(30)9-10-24(21)31/h5-14,22-23,27H,15-16H2,1-4H3/t22-,23-,27+/m0/s1. The molecule has 9 heteroatoms. The minimum atomic E-state index is -4.05. The molecule has 1 aliphatic carbocycles. The number of carbonyl (C=O) groups is 1. The fourth-order valence-corrected chi connectivity index (χ4v) is 6.37. The summed E-state index contributed by atoms with van der Waals surface area (Å²) in [6.45, 7) is 7.15. The van der Waals surface area contributed by atoms with Crippen LogP contribution in [-0.4, -0.2) is 32.6 Å². The number of nitrogens with zero attached hydrogens (tertiary/aromatic N) is 1. The fraction of sp³-hybridized carbons (Fsp3) is 0.345. The lowest BCUT2D eigenvalue weighted by Crippen LogP contribution is -2.45. The van der Waals surface area contributed by atoms with Gasteiger partial charge in [-0.1, -0.05) is 18.2 Å². The quantitative estimate of drug-likeness (QED) is 0.378. The Morgan fingerprint density at radius 3 is 2.53 bits per heavy atom. The Balaban J connectivity index is 1.54. The monoisotopic (exact) mass is 541 g/mol. The molecule has 1 aliphatic heterocycles. The maximum atomic E-state index is 14.6. The molecule has 0 aromatic heterocycles. The molecule has 3 atom stereocenters. The zero-order chi connectivity index (χ0) is 27.4. The van der Waals surface area contributed by atoms with Crippen LogP contribution in [-0.2, 0) is 19.6 Å². The average Bonchev–Trinajstić information content (AvgIpc) is 3.65. The van der Waals surface area contributed by atoms with Gasteiger partial charge in [-0.25, -0.2) is 17.2 Å². The molecule has 5 rings (SSSR count). The third-order valence-corrected chi connectivity index (χ3v) is 8.47. The zero-order valence-corrected chi connectivity index (χ0v) is 22.4. The second-order valence-corrected chi connectivity index (χ2v) is 12.7. The SMILES string of the molecule is Cc1cccc(S(=O)(=O)N2C[C@H]([C@H]3C[C@@H]3C(=O)OC(C)(C)C)Oc3ccc(-c4cc(F)ccc4F)cc32)c1. The summed E-state index contributed by atoms with van der Waals surface area (Å²) < 4.78 is 69.3. The summed E-state index contributed by atoms with van der Waals surface area (Å²) in [6.07, 6.45) is -0.0591. The number of benzene rings is 3. The average molecular weight is 542 g/mol. The number of fused-ring (bicyclic) bond motifs is 1. The Morgan fingerprint density at radius 2 is 1.82 bits per heavy atom. The number of ether oxygens (including phenoxy) is 2. The van der Waals surface area contributed by atoms with Crippen molar-refractivity contribution in [2.45, 2.75) is 50.7 Å². The lowest BCUT2D eigenvalue weighted by atomic mass is 10.0. The van der Waals surface area contributed by atoms with Gasteiger partial charge in [-0.05, 0) is 87.7 Å². The van der Waals surface area contributed by atoms with E-state index in [1.165, 1.54) is 16.4 Å². The summed E-state index contributed by atoms with van der Waals surface area (Å²) >= 11 is 0. The molecular weight excluding hydrogens is 512 g/mol. The van der Waals surface area contributed by atoms with Gasteiger partial charge in [0.2, 0.25) is 0 Å². The molecule has 2 aliphatic rings. The summed E-state index contributed by atoms with van der Waals surface area (Å²) in [7, 11) is -4.05. The molecule has 0 radical (unpaired) electrons. The summed E-state index contributed by atoms with van der Waals surface area (Å²) in [4.78, 5) is 12.7. The minimum absolute atomic E-state index is 0.00927. The van der Waals surface area contributed by atoms with E-state index in [9.17, 15) is 22.0 Å². The van der Waals surface area contributed by atoms with E-state index < -0.39 is 33.4 Å². The van der Waals surface area contributed by atoms with Crippen molar-refractivity contribution in [1.82, 2.24) is 0 Å². The van der Waals surface area contributed by atoms with E-state index in [1.807, 2.05) is 0 Å². The molecule has 0 saturated heterocycles. The van der Waals surface area contributed by atoms with Gasteiger partial charge in [-0.3, -0.25) is 9.10 Å². The molecule has 0 spiro atoms. The van der Waals surface area contributed by atoms with Crippen LogP contribution < -0.4 is 9.04 Å². The Labute approximate surface area is 221 Å². The highest BCUT2D eigenvalue weighted by Gasteiger charge is 2.53. The number of halogens is 2. The van der Waals surface area contributed by atoms with Crippen molar-refractivity contribution in [3.05, 3.63) is 77.9 Å². The van der Waals surface area contributed by atoms with Gasteiger partial charge in [-0.2, -0.15) is 0 Å². The van der Waals surface area contributed by atoms with Crippen LogP contribution in [0, 0.1) is 30.4 Å². The van der Waals surface area contributed by atoms with E-state index >= 15 is 0 Å². The molecule has 1 fully saturated rings. The first-order valence-corrected chi connectivity index (χ1v) is 13.9.